The van der Waals surface area contributed by atoms with Gasteiger partial charge in [0.05, 0.1) is 6.54 Å². The highest BCUT2D eigenvalue weighted by molar-refractivity contribution is 5.81. The van der Waals surface area contributed by atoms with Gasteiger partial charge in [0.1, 0.15) is 0 Å². The van der Waals surface area contributed by atoms with Gasteiger partial charge in [-0.25, -0.2) is 0 Å². The average molecular weight is 246 g/mol. The van der Waals surface area contributed by atoms with E-state index in [2.05, 4.69) is 54.1 Å². The monoisotopic (exact) mass is 246 g/mol. The van der Waals surface area contributed by atoms with Crippen molar-refractivity contribution in [1.29, 1.82) is 0 Å². The SMILES string of the molecule is CN1CCN=C1NCc1cnccc1C(C)(C)C. The van der Waals surface area contributed by atoms with Gasteiger partial charge in [-0.15, -0.1) is 0 Å². The molecule has 0 bridgehead atoms. The fourth-order valence-electron chi connectivity index (χ4n) is 2.20. The molecule has 0 fully saturated rings. The minimum Gasteiger partial charge on any atom is -0.352 e. The Morgan fingerprint density at radius 1 is 1.39 bits per heavy atom. The third kappa shape index (κ3) is 2.81. The summed E-state index contributed by atoms with van der Waals surface area (Å²) in [7, 11) is 2.06. The summed E-state index contributed by atoms with van der Waals surface area (Å²) in [5, 5.41) is 3.40. The first-order valence-corrected chi connectivity index (χ1v) is 6.41. The fourth-order valence-corrected chi connectivity index (χ4v) is 2.20. The second-order valence-corrected chi connectivity index (χ2v) is 5.76. The van der Waals surface area contributed by atoms with E-state index >= 15 is 0 Å². The maximum absolute atomic E-state index is 4.43. The second kappa shape index (κ2) is 4.96. The largest absolute Gasteiger partial charge is 0.352 e. The van der Waals surface area contributed by atoms with E-state index in [1.807, 2.05) is 12.4 Å². The maximum Gasteiger partial charge on any atom is 0.194 e. The molecule has 0 atom stereocenters. The predicted molar refractivity (Wildman–Crippen MR) is 74.7 cm³/mol. The van der Waals surface area contributed by atoms with Gasteiger partial charge in [0.15, 0.2) is 5.96 Å². The summed E-state index contributed by atoms with van der Waals surface area (Å²) in [6.45, 7) is 9.35. The van der Waals surface area contributed by atoms with Crippen LogP contribution in [0.1, 0.15) is 31.9 Å². The number of hydrogen-bond acceptors (Lipinski definition) is 4. The van der Waals surface area contributed by atoms with Crippen molar-refractivity contribution in [3.8, 4) is 0 Å². The van der Waals surface area contributed by atoms with Gasteiger partial charge in [-0.1, -0.05) is 20.8 Å². The second-order valence-electron chi connectivity index (χ2n) is 5.76. The number of aromatic nitrogens is 1. The molecule has 0 aliphatic carbocycles. The van der Waals surface area contributed by atoms with Gasteiger partial charge in [-0.3, -0.25) is 9.98 Å². The van der Waals surface area contributed by atoms with Crippen LogP contribution in [0.3, 0.4) is 0 Å². The van der Waals surface area contributed by atoms with Gasteiger partial charge >= 0.3 is 0 Å². The molecule has 0 saturated heterocycles. The molecule has 1 aliphatic rings. The number of aliphatic imine (C=N–C) groups is 1. The summed E-state index contributed by atoms with van der Waals surface area (Å²) < 4.78 is 0. The molecule has 0 radical (unpaired) electrons. The Hall–Kier alpha value is -1.58. The molecule has 2 rings (SSSR count). The van der Waals surface area contributed by atoms with Gasteiger partial charge in [0.25, 0.3) is 0 Å². The summed E-state index contributed by atoms with van der Waals surface area (Å²) in [6, 6.07) is 2.11. The average Bonchev–Trinajstić information content (AvgIpc) is 2.71. The van der Waals surface area contributed by atoms with Gasteiger partial charge in [-0.05, 0) is 22.6 Å². The van der Waals surface area contributed by atoms with Crippen LogP contribution in [0.15, 0.2) is 23.5 Å². The number of nitrogens with zero attached hydrogens (tertiary/aromatic N) is 3. The lowest BCUT2D eigenvalue weighted by molar-refractivity contribution is 0.531. The quantitative estimate of drug-likeness (QED) is 0.864. The Bertz CT molecular complexity index is 445. The van der Waals surface area contributed by atoms with E-state index < -0.39 is 0 Å². The first kappa shape index (κ1) is 12.9. The number of pyridine rings is 1. The molecule has 98 valence electrons. The van der Waals surface area contributed by atoms with E-state index in [1.165, 1.54) is 11.1 Å². The van der Waals surface area contributed by atoms with E-state index in [9.17, 15) is 0 Å². The van der Waals surface area contributed by atoms with E-state index in [0.717, 1.165) is 25.6 Å². The zero-order valence-corrected chi connectivity index (χ0v) is 11.7. The summed E-state index contributed by atoms with van der Waals surface area (Å²) in [5.41, 5.74) is 2.72. The smallest absolute Gasteiger partial charge is 0.194 e. The molecule has 0 amide bonds. The Kier molecular flexibility index (Phi) is 3.55. The molecule has 2 heterocycles. The molecule has 0 saturated carbocycles. The number of nitrogens with one attached hydrogen (secondary N) is 1. The first-order chi connectivity index (χ1) is 8.48. The molecule has 4 nitrogen and oxygen atoms in total. The fraction of sp³-hybridized carbons (Fsp3) is 0.571. The zero-order chi connectivity index (χ0) is 13.2. The van der Waals surface area contributed by atoms with Gasteiger partial charge in [0, 0.05) is 32.5 Å². The minimum atomic E-state index is 0.142. The lowest BCUT2D eigenvalue weighted by Crippen LogP contribution is -2.35. The molecule has 1 aliphatic heterocycles. The molecule has 4 heteroatoms. The van der Waals surface area contributed by atoms with Crippen molar-refractivity contribution in [2.75, 3.05) is 20.1 Å². The third-order valence-corrected chi connectivity index (χ3v) is 3.21. The van der Waals surface area contributed by atoms with Crippen LogP contribution in [0.4, 0.5) is 0 Å². The molecule has 18 heavy (non-hydrogen) atoms. The topological polar surface area (TPSA) is 40.5 Å². The third-order valence-electron chi connectivity index (χ3n) is 3.21. The van der Waals surface area contributed by atoms with Crippen LogP contribution in [0, 0.1) is 0 Å². The van der Waals surface area contributed by atoms with Crippen LogP contribution in [0.25, 0.3) is 0 Å². The van der Waals surface area contributed by atoms with Crippen LogP contribution in [-0.4, -0.2) is 36.0 Å². The summed E-state index contributed by atoms with van der Waals surface area (Å²) in [4.78, 5) is 10.8. The van der Waals surface area contributed by atoms with Crippen LogP contribution < -0.4 is 5.32 Å². The van der Waals surface area contributed by atoms with Crippen molar-refractivity contribution in [2.45, 2.75) is 32.7 Å². The molecule has 0 aromatic carbocycles. The number of hydrogen-bond donors (Lipinski definition) is 1. The van der Waals surface area contributed by atoms with E-state index in [1.54, 1.807) is 0 Å². The van der Waals surface area contributed by atoms with E-state index in [4.69, 9.17) is 0 Å². The van der Waals surface area contributed by atoms with E-state index in [-0.39, 0.29) is 5.41 Å². The highest BCUT2D eigenvalue weighted by Gasteiger charge is 2.18. The number of guanidine groups is 1. The standard InChI is InChI=1S/C14H22N4/c1-14(2,3)12-5-6-15-9-11(12)10-17-13-16-7-8-18(13)4/h5-6,9H,7-8,10H2,1-4H3,(H,16,17). The van der Waals surface area contributed by atoms with Crippen molar-refractivity contribution in [3.05, 3.63) is 29.6 Å². The summed E-state index contributed by atoms with van der Waals surface area (Å²) >= 11 is 0. The summed E-state index contributed by atoms with van der Waals surface area (Å²) in [6.07, 6.45) is 3.81. The molecular weight excluding hydrogens is 224 g/mol. The van der Waals surface area contributed by atoms with Crippen LogP contribution >= 0.6 is 0 Å². The lowest BCUT2D eigenvalue weighted by atomic mass is 9.85. The molecule has 1 N–H and O–H groups in total. The highest BCUT2D eigenvalue weighted by atomic mass is 15.3. The number of likely N-dealkylation sites (N-methyl/N-ethyl adjacent to an activating group) is 1. The zero-order valence-electron chi connectivity index (χ0n) is 11.7. The van der Waals surface area contributed by atoms with Crippen molar-refractivity contribution < 1.29 is 0 Å². The van der Waals surface area contributed by atoms with Crippen molar-refractivity contribution in [1.82, 2.24) is 15.2 Å². The van der Waals surface area contributed by atoms with Gasteiger partial charge < -0.3 is 10.2 Å². The Labute approximate surface area is 109 Å². The van der Waals surface area contributed by atoms with Crippen molar-refractivity contribution in [3.63, 3.8) is 0 Å². The molecule has 0 unspecified atom stereocenters. The minimum absolute atomic E-state index is 0.142. The maximum atomic E-state index is 4.43. The van der Waals surface area contributed by atoms with E-state index in [0.29, 0.717) is 0 Å². The van der Waals surface area contributed by atoms with Gasteiger partial charge in [0.2, 0.25) is 0 Å². The number of rotatable bonds is 2. The Balaban J connectivity index is 2.10. The van der Waals surface area contributed by atoms with Crippen LogP contribution in [0.5, 0.6) is 0 Å². The Morgan fingerprint density at radius 2 is 2.17 bits per heavy atom. The molecule has 0 spiro atoms. The van der Waals surface area contributed by atoms with Crippen molar-refractivity contribution in [2.24, 2.45) is 4.99 Å². The summed E-state index contributed by atoms with van der Waals surface area (Å²) in [5.74, 6) is 0.985. The van der Waals surface area contributed by atoms with Crippen LogP contribution in [-0.2, 0) is 12.0 Å². The lowest BCUT2D eigenvalue weighted by Gasteiger charge is -2.23. The first-order valence-electron chi connectivity index (χ1n) is 6.41. The van der Waals surface area contributed by atoms with Crippen molar-refractivity contribution >= 4 is 5.96 Å². The predicted octanol–water partition coefficient (Wildman–Crippen LogP) is 1.77. The van der Waals surface area contributed by atoms with Gasteiger partial charge in [-0.2, -0.15) is 0 Å². The normalized spacial score (nSPS) is 15.8. The molecule has 1 aromatic heterocycles. The molecule has 1 aromatic rings. The highest BCUT2D eigenvalue weighted by Crippen LogP contribution is 2.24. The molecular formula is C14H22N4. The Morgan fingerprint density at radius 3 is 2.78 bits per heavy atom. The van der Waals surface area contributed by atoms with Crippen LogP contribution in [0.2, 0.25) is 0 Å².